The summed E-state index contributed by atoms with van der Waals surface area (Å²) < 4.78 is 10.7. The van der Waals surface area contributed by atoms with Crippen molar-refractivity contribution in [1.82, 2.24) is 0 Å². The van der Waals surface area contributed by atoms with Crippen LogP contribution < -0.4 is 4.74 Å². The maximum absolute atomic E-state index is 12.8. The average molecular weight is 424 g/mol. The zero-order valence-corrected chi connectivity index (χ0v) is 17.6. The third-order valence-corrected chi connectivity index (χ3v) is 5.41. The second-order valence-corrected chi connectivity index (χ2v) is 7.29. The van der Waals surface area contributed by atoms with E-state index in [1.54, 1.807) is 13.8 Å². The molecule has 0 spiro atoms. The Bertz CT molecular complexity index is 627. The molecule has 1 aromatic rings. The molecule has 0 saturated heterocycles. The minimum atomic E-state index is -1.37. The van der Waals surface area contributed by atoms with Gasteiger partial charge in [-0.05, 0) is 25.3 Å². The van der Waals surface area contributed by atoms with Crippen molar-refractivity contribution >= 4 is 46.7 Å². The van der Waals surface area contributed by atoms with Gasteiger partial charge in [-0.1, -0.05) is 74.8 Å². The fourth-order valence-corrected chi connectivity index (χ4v) is 3.10. The van der Waals surface area contributed by atoms with E-state index >= 15 is 0 Å². The van der Waals surface area contributed by atoms with Crippen LogP contribution in [0.3, 0.4) is 0 Å². The molecule has 26 heavy (non-hydrogen) atoms. The van der Waals surface area contributed by atoms with Crippen LogP contribution >= 0.6 is 34.8 Å². The van der Waals surface area contributed by atoms with E-state index in [0.29, 0.717) is 6.61 Å². The highest BCUT2D eigenvalue weighted by Gasteiger charge is 2.46. The summed E-state index contributed by atoms with van der Waals surface area (Å²) in [5.74, 6) is -1.21. The highest BCUT2D eigenvalue weighted by molar-refractivity contribution is 6.43. The monoisotopic (exact) mass is 422 g/mol. The Hall–Kier alpha value is -0.970. The summed E-state index contributed by atoms with van der Waals surface area (Å²) >= 11 is 17.9. The smallest absolute Gasteiger partial charge is 0.328 e. The van der Waals surface area contributed by atoms with Crippen LogP contribution in [0.15, 0.2) is 12.1 Å². The number of unbranched alkanes of at least 4 members (excludes halogenated alkanes) is 3. The first-order valence-corrected chi connectivity index (χ1v) is 9.99. The number of carbonyl (C=O) groups excluding carboxylic acids is 2. The van der Waals surface area contributed by atoms with Crippen LogP contribution in [0, 0.1) is 5.41 Å². The van der Waals surface area contributed by atoms with Crippen molar-refractivity contribution in [3.63, 3.8) is 0 Å². The van der Waals surface area contributed by atoms with Crippen LogP contribution in [0.5, 0.6) is 5.75 Å². The van der Waals surface area contributed by atoms with Gasteiger partial charge in [-0.25, -0.2) is 0 Å². The standard InChI is InChI=1S/C19H25Cl3O4/c1-4-7-8-9-10-25-17(23)19(5-2,6-3)18(24)26-16-12-14(21)13(20)11-15(16)22/h11-12H,4-10H2,1-3H3. The summed E-state index contributed by atoms with van der Waals surface area (Å²) in [6.07, 6.45) is 4.46. The number of ether oxygens (including phenoxy) is 2. The lowest BCUT2D eigenvalue weighted by Crippen LogP contribution is -2.42. The zero-order chi connectivity index (χ0) is 19.7. The van der Waals surface area contributed by atoms with E-state index in [-0.39, 0.29) is 33.7 Å². The van der Waals surface area contributed by atoms with Crippen LogP contribution in [0.25, 0.3) is 0 Å². The normalized spacial score (nSPS) is 11.3. The molecular formula is C19H25Cl3O4. The summed E-state index contributed by atoms with van der Waals surface area (Å²) in [6, 6.07) is 2.75. The largest absolute Gasteiger partial charge is 0.465 e. The fourth-order valence-electron chi connectivity index (χ4n) is 2.52. The van der Waals surface area contributed by atoms with Crippen molar-refractivity contribution in [1.29, 1.82) is 0 Å². The lowest BCUT2D eigenvalue weighted by Gasteiger charge is -2.27. The summed E-state index contributed by atoms with van der Waals surface area (Å²) in [4.78, 5) is 25.4. The second kappa shape index (κ2) is 11.0. The molecule has 0 N–H and O–H groups in total. The van der Waals surface area contributed by atoms with Crippen molar-refractivity contribution in [3.05, 3.63) is 27.2 Å². The first-order valence-electron chi connectivity index (χ1n) is 8.86. The predicted octanol–water partition coefficient (Wildman–Crippen LogP) is 6.48. The first-order chi connectivity index (χ1) is 12.3. The topological polar surface area (TPSA) is 52.6 Å². The Morgan fingerprint density at radius 2 is 1.50 bits per heavy atom. The molecular weight excluding hydrogens is 399 g/mol. The van der Waals surface area contributed by atoms with Crippen molar-refractivity contribution in [3.8, 4) is 5.75 Å². The Balaban J connectivity index is 2.88. The number of hydrogen-bond acceptors (Lipinski definition) is 4. The quantitative estimate of drug-likeness (QED) is 0.142. The molecule has 0 aromatic heterocycles. The molecule has 0 saturated carbocycles. The molecule has 0 radical (unpaired) electrons. The molecule has 1 rings (SSSR count). The third-order valence-electron chi connectivity index (χ3n) is 4.40. The van der Waals surface area contributed by atoms with E-state index in [2.05, 4.69) is 6.92 Å². The molecule has 0 amide bonds. The summed E-state index contributed by atoms with van der Waals surface area (Å²) in [5, 5.41) is 0.595. The maximum Gasteiger partial charge on any atom is 0.328 e. The van der Waals surface area contributed by atoms with Crippen LogP contribution in [0.4, 0.5) is 0 Å². The van der Waals surface area contributed by atoms with Gasteiger partial charge in [0.05, 0.1) is 21.7 Å². The number of benzene rings is 1. The zero-order valence-electron chi connectivity index (χ0n) is 15.4. The van der Waals surface area contributed by atoms with Gasteiger partial charge in [0.25, 0.3) is 0 Å². The van der Waals surface area contributed by atoms with Gasteiger partial charge >= 0.3 is 11.9 Å². The predicted molar refractivity (Wildman–Crippen MR) is 105 cm³/mol. The van der Waals surface area contributed by atoms with Gasteiger partial charge < -0.3 is 9.47 Å². The van der Waals surface area contributed by atoms with Gasteiger partial charge in [-0.15, -0.1) is 0 Å². The first kappa shape index (κ1) is 23.1. The number of esters is 2. The number of halogens is 3. The molecule has 0 aliphatic heterocycles. The van der Waals surface area contributed by atoms with Gasteiger partial charge in [0.15, 0.2) is 11.2 Å². The highest BCUT2D eigenvalue weighted by atomic mass is 35.5. The Kier molecular flexibility index (Phi) is 9.77. The van der Waals surface area contributed by atoms with E-state index in [9.17, 15) is 9.59 Å². The summed E-state index contributed by atoms with van der Waals surface area (Å²) in [7, 11) is 0. The van der Waals surface area contributed by atoms with Gasteiger partial charge in [0.1, 0.15) is 0 Å². The fraction of sp³-hybridized carbons (Fsp3) is 0.579. The van der Waals surface area contributed by atoms with E-state index < -0.39 is 17.4 Å². The molecule has 0 unspecified atom stereocenters. The van der Waals surface area contributed by atoms with E-state index in [1.165, 1.54) is 12.1 Å². The highest BCUT2D eigenvalue weighted by Crippen LogP contribution is 2.37. The minimum Gasteiger partial charge on any atom is -0.465 e. The van der Waals surface area contributed by atoms with Crippen molar-refractivity contribution in [2.24, 2.45) is 5.41 Å². The molecule has 0 aliphatic rings. The van der Waals surface area contributed by atoms with Crippen molar-refractivity contribution in [2.45, 2.75) is 59.3 Å². The SMILES string of the molecule is CCCCCCOC(=O)C(CC)(CC)C(=O)Oc1cc(Cl)c(Cl)cc1Cl. The Labute approximate surface area is 170 Å². The summed E-state index contributed by atoms with van der Waals surface area (Å²) in [6.45, 7) is 5.90. The average Bonchev–Trinajstić information content (AvgIpc) is 2.61. The number of rotatable bonds is 10. The van der Waals surface area contributed by atoms with E-state index in [4.69, 9.17) is 44.3 Å². The molecule has 0 atom stereocenters. The van der Waals surface area contributed by atoms with E-state index in [0.717, 1.165) is 25.7 Å². The second-order valence-electron chi connectivity index (χ2n) is 6.07. The maximum atomic E-state index is 12.8. The number of hydrogen-bond donors (Lipinski definition) is 0. The lowest BCUT2D eigenvalue weighted by atomic mass is 9.82. The molecule has 1 aromatic carbocycles. The molecule has 0 bridgehead atoms. The van der Waals surface area contributed by atoms with Crippen LogP contribution in [0.2, 0.25) is 15.1 Å². The van der Waals surface area contributed by atoms with Crippen molar-refractivity contribution < 1.29 is 19.1 Å². The third kappa shape index (κ3) is 5.77. The molecule has 0 heterocycles. The van der Waals surface area contributed by atoms with Gasteiger partial charge in [0.2, 0.25) is 0 Å². The minimum absolute atomic E-state index is 0.0630. The Morgan fingerprint density at radius 3 is 2.08 bits per heavy atom. The number of carbonyl (C=O) groups is 2. The van der Waals surface area contributed by atoms with Gasteiger partial charge in [-0.3, -0.25) is 9.59 Å². The van der Waals surface area contributed by atoms with Gasteiger partial charge in [0, 0.05) is 6.07 Å². The van der Waals surface area contributed by atoms with Crippen LogP contribution in [0.1, 0.15) is 59.3 Å². The molecule has 0 aliphatic carbocycles. The Morgan fingerprint density at radius 1 is 0.885 bits per heavy atom. The van der Waals surface area contributed by atoms with Crippen LogP contribution in [-0.4, -0.2) is 18.5 Å². The van der Waals surface area contributed by atoms with Crippen molar-refractivity contribution in [2.75, 3.05) is 6.61 Å². The molecule has 7 heteroatoms. The van der Waals surface area contributed by atoms with Crippen LogP contribution in [-0.2, 0) is 14.3 Å². The molecule has 4 nitrogen and oxygen atoms in total. The molecule has 146 valence electrons. The lowest BCUT2D eigenvalue weighted by molar-refractivity contribution is -0.168. The summed E-state index contributed by atoms with van der Waals surface area (Å²) in [5.41, 5.74) is -1.37. The molecule has 0 fully saturated rings. The van der Waals surface area contributed by atoms with Gasteiger partial charge in [-0.2, -0.15) is 0 Å². The van der Waals surface area contributed by atoms with E-state index in [1.807, 2.05) is 0 Å².